The number of ether oxygens (including phenoxy) is 1. The highest BCUT2D eigenvalue weighted by Gasteiger charge is 2.50. The molecule has 0 aliphatic heterocycles. The smallest absolute Gasteiger partial charge is 0.319 e. The van der Waals surface area contributed by atoms with Gasteiger partial charge >= 0.3 is 5.97 Å². The number of para-hydroxylation sites is 1. The van der Waals surface area contributed by atoms with Crippen LogP contribution in [0.3, 0.4) is 0 Å². The minimum Gasteiger partial charge on any atom is -0.465 e. The lowest BCUT2D eigenvalue weighted by molar-refractivity contribution is -0.154. The second kappa shape index (κ2) is 4.58. The van der Waals surface area contributed by atoms with E-state index in [2.05, 4.69) is 4.98 Å². The molecule has 1 heterocycles. The van der Waals surface area contributed by atoms with Crippen molar-refractivity contribution in [1.29, 1.82) is 0 Å². The first kappa shape index (κ1) is 13.1. The number of aryl methyl sites for hydroxylation is 1. The number of carbonyl (C=O) groups is 1. The molecule has 1 aromatic heterocycles. The molecule has 1 aliphatic rings. The number of carbonyl (C=O) groups excluding carboxylic acids is 1. The Bertz CT molecular complexity index is 674. The molecule has 0 amide bonds. The molecule has 1 aromatic carbocycles. The molecule has 1 saturated carbocycles. The van der Waals surface area contributed by atoms with Crippen molar-refractivity contribution in [3.8, 4) is 0 Å². The van der Waals surface area contributed by atoms with E-state index in [0.29, 0.717) is 36.3 Å². The Morgan fingerprint density at radius 3 is 2.80 bits per heavy atom. The maximum Gasteiger partial charge on any atom is 0.319 e. The zero-order valence-electron chi connectivity index (χ0n) is 11.6. The number of imidazole rings is 1. The number of halogens is 1. The van der Waals surface area contributed by atoms with Crippen molar-refractivity contribution in [2.24, 2.45) is 7.05 Å². The van der Waals surface area contributed by atoms with Gasteiger partial charge in [-0.1, -0.05) is 12.5 Å². The van der Waals surface area contributed by atoms with Gasteiger partial charge in [-0.3, -0.25) is 4.79 Å². The van der Waals surface area contributed by atoms with Crippen molar-refractivity contribution < 1.29 is 13.9 Å². The number of esters is 1. The van der Waals surface area contributed by atoms with Crippen molar-refractivity contribution in [3.05, 3.63) is 29.8 Å². The lowest BCUT2D eigenvalue weighted by Crippen LogP contribution is -2.45. The van der Waals surface area contributed by atoms with Gasteiger partial charge in [-0.05, 0) is 31.9 Å². The van der Waals surface area contributed by atoms with Crippen LogP contribution in [0.2, 0.25) is 0 Å². The number of fused-ring (bicyclic) bond motifs is 1. The molecule has 0 N–H and O–H groups in total. The molecule has 0 spiro atoms. The Hall–Kier alpha value is -1.91. The Labute approximate surface area is 116 Å². The van der Waals surface area contributed by atoms with Gasteiger partial charge in [-0.25, -0.2) is 9.37 Å². The van der Waals surface area contributed by atoms with Crippen molar-refractivity contribution in [2.75, 3.05) is 6.61 Å². The first-order chi connectivity index (χ1) is 9.60. The van der Waals surface area contributed by atoms with Crippen molar-refractivity contribution in [1.82, 2.24) is 9.55 Å². The van der Waals surface area contributed by atoms with Gasteiger partial charge in [0.05, 0.1) is 12.1 Å². The highest BCUT2D eigenvalue weighted by Crippen LogP contribution is 2.45. The van der Waals surface area contributed by atoms with Gasteiger partial charge in [0.25, 0.3) is 0 Å². The molecular weight excluding hydrogens is 259 g/mol. The van der Waals surface area contributed by atoms with E-state index in [1.54, 1.807) is 13.0 Å². The molecule has 1 fully saturated rings. The summed E-state index contributed by atoms with van der Waals surface area (Å²) in [5.41, 5.74) is 0.326. The van der Waals surface area contributed by atoms with Gasteiger partial charge in [0.1, 0.15) is 16.8 Å². The highest BCUT2D eigenvalue weighted by molar-refractivity contribution is 5.86. The first-order valence-corrected chi connectivity index (χ1v) is 6.89. The zero-order chi connectivity index (χ0) is 14.3. The fourth-order valence-corrected chi connectivity index (χ4v) is 2.93. The predicted octanol–water partition coefficient (Wildman–Crippen LogP) is 2.70. The molecule has 0 bridgehead atoms. The standard InChI is InChI=1S/C15H17FN2O2/c1-3-20-14(19)15(8-5-9-15)13-17-12-10(16)6-4-7-11(12)18(13)2/h4,6-7H,3,5,8-9H2,1-2H3. The van der Waals surface area contributed by atoms with Crippen LogP contribution in [0, 0.1) is 5.82 Å². The summed E-state index contributed by atoms with van der Waals surface area (Å²) in [6.07, 6.45) is 2.39. The molecular formula is C15H17FN2O2. The molecule has 0 saturated heterocycles. The lowest BCUT2D eigenvalue weighted by Gasteiger charge is -2.38. The van der Waals surface area contributed by atoms with E-state index in [0.717, 1.165) is 6.42 Å². The number of hydrogen-bond donors (Lipinski definition) is 0. The van der Waals surface area contributed by atoms with Crippen molar-refractivity contribution >= 4 is 17.0 Å². The van der Waals surface area contributed by atoms with E-state index in [1.807, 2.05) is 17.7 Å². The molecule has 1 aliphatic carbocycles. The molecule has 5 heteroatoms. The predicted molar refractivity (Wildman–Crippen MR) is 72.8 cm³/mol. The van der Waals surface area contributed by atoms with E-state index in [-0.39, 0.29) is 11.8 Å². The second-order valence-corrected chi connectivity index (χ2v) is 5.26. The number of hydrogen-bond acceptors (Lipinski definition) is 3. The average molecular weight is 276 g/mol. The SMILES string of the molecule is CCOC(=O)C1(c2nc3c(F)cccc3n2C)CCC1. The summed E-state index contributed by atoms with van der Waals surface area (Å²) >= 11 is 0. The number of rotatable bonds is 3. The van der Waals surface area contributed by atoms with E-state index in [1.165, 1.54) is 6.07 Å². The zero-order valence-corrected chi connectivity index (χ0v) is 11.6. The largest absolute Gasteiger partial charge is 0.465 e. The summed E-state index contributed by atoms with van der Waals surface area (Å²) in [6, 6.07) is 4.85. The molecule has 0 radical (unpaired) electrons. The van der Waals surface area contributed by atoms with Crippen LogP contribution in [-0.4, -0.2) is 22.1 Å². The summed E-state index contributed by atoms with van der Waals surface area (Å²) in [6.45, 7) is 2.14. The normalized spacial score (nSPS) is 16.9. The summed E-state index contributed by atoms with van der Waals surface area (Å²) in [5, 5.41) is 0. The van der Waals surface area contributed by atoms with E-state index in [9.17, 15) is 9.18 Å². The van der Waals surface area contributed by atoms with E-state index in [4.69, 9.17) is 4.74 Å². The Kier molecular flexibility index (Phi) is 3.00. The maximum absolute atomic E-state index is 13.8. The van der Waals surface area contributed by atoms with Gasteiger partial charge in [0.2, 0.25) is 0 Å². The number of nitrogens with zero attached hydrogens (tertiary/aromatic N) is 2. The van der Waals surface area contributed by atoms with Crippen LogP contribution in [-0.2, 0) is 22.0 Å². The van der Waals surface area contributed by atoms with Crippen LogP contribution in [0.15, 0.2) is 18.2 Å². The fourth-order valence-electron chi connectivity index (χ4n) is 2.93. The monoisotopic (exact) mass is 276 g/mol. The molecule has 4 nitrogen and oxygen atoms in total. The van der Waals surface area contributed by atoms with Crippen LogP contribution in [0.5, 0.6) is 0 Å². The molecule has 2 aromatic rings. The van der Waals surface area contributed by atoms with Crippen molar-refractivity contribution in [3.63, 3.8) is 0 Å². The number of aromatic nitrogens is 2. The van der Waals surface area contributed by atoms with Gasteiger partial charge in [-0.15, -0.1) is 0 Å². The van der Waals surface area contributed by atoms with Gasteiger partial charge in [0, 0.05) is 7.05 Å². The Morgan fingerprint density at radius 1 is 1.50 bits per heavy atom. The third-order valence-electron chi connectivity index (χ3n) is 4.16. The van der Waals surface area contributed by atoms with Gasteiger partial charge in [-0.2, -0.15) is 0 Å². The first-order valence-electron chi connectivity index (χ1n) is 6.89. The van der Waals surface area contributed by atoms with Gasteiger partial charge < -0.3 is 9.30 Å². The highest BCUT2D eigenvalue weighted by atomic mass is 19.1. The third-order valence-corrected chi connectivity index (χ3v) is 4.16. The quantitative estimate of drug-likeness (QED) is 0.810. The minimum absolute atomic E-state index is 0.245. The number of benzene rings is 1. The molecule has 20 heavy (non-hydrogen) atoms. The summed E-state index contributed by atoms with van der Waals surface area (Å²) < 4.78 is 20.9. The minimum atomic E-state index is -0.698. The second-order valence-electron chi connectivity index (χ2n) is 5.26. The van der Waals surface area contributed by atoms with Crippen LogP contribution in [0.1, 0.15) is 32.0 Å². The van der Waals surface area contributed by atoms with Crippen LogP contribution in [0.4, 0.5) is 4.39 Å². The van der Waals surface area contributed by atoms with Crippen LogP contribution >= 0.6 is 0 Å². The lowest BCUT2D eigenvalue weighted by atomic mass is 9.68. The topological polar surface area (TPSA) is 44.1 Å². The summed E-state index contributed by atoms with van der Waals surface area (Å²) in [7, 11) is 1.82. The average Bonchev–Trinajstić information content (AvgIpc) is 2.69. The third kappa shape index (κ3) is 1.65. The Morgan fingerprint density at radius 2 is 2.25 bits per heavy atom. The van der Waals surface area contributed by atoms with Gasteiger partial charge in [0.15, 0.2) is 5.82 Å². The molecule has 106 valence electrons. The van der Waals surface area contributed by atoms with E-state index < -0.39 is 5.41 Å². The summed E-state index contributed by atoms with van der Waals surface area (Å²) in [5.74, 6) is 0.00930. The Balaban J connectivity index is 2.16. The maximum atomic E-state index is 13.8. The van der Waals surface area contributed by atoms with E-state index >= 15 is 0 Å². The van der Waals surface area contributed by atoms with Crippen molar-refractivity contribution in [2.45, 2.75) is 31.6 Å². The molecule has 0 atom stereocenters. The molecule has 0 unspecified atom stereocenters. The van der Waals surface area contributed by atoms with Crippen LogP contribution in [0.25, 0.3) is 11.0 Å². The van der Waals surface area contributed by atoms with Crippen LogP contribution < -0.4 is 0 Å². The molecule has 3 rings (SSSR count). The fraction of sp³-hybridized carbons (Fsp3) is 0.467. The summed E-state index contributed by atoms with van der Waals surface area (Å²) in [4.78, 5) is 16.7.